The number of anilines is 2. The zero-order chi connectivity index (χ0) is 23.1. The molecule has 2 aromatic heterocycles. The molecule has 0 aliphatic heterocycles. The average molecular weight is 444 g/mol. The molecule has 34 heavy (non-hydrogen) atoms. The van der Waals surface area contributed by atoms with E-state index in [0.717, 1.165) is 44.5 Å². The van der Waals surface area contributed by atoms with Gasteiger partial charge >= 0.3 is 0 Å². The zero-order valence-electron chi connectivity index (χ0n) is 18.1. The van der Waals surface area contributed by atoms with E-state index in [9.17, 15) is 0 Å². The maximum Gasteiger partial charge on any atom is 0.227 e. The number of hydrogen-bond donors (Lipinski definition) is 2. The fourth-order valence-corrected chi connectivity index (χ4v) is 3.80. The molecule has 0 radical (unpaired) electrons. The molecule has 0 unspecified atom stereocenters. The lowest BCUT2D eigenvalue weighted by Crippen LogP contribution is -1.82. The Bertz CT molecular complexity index is 1530. The Morgan fingerprint density at radius 1 is 0.529 bits per heavy atom. The first kappa shape index (κ1) is 19.8. The average Bonchev–Trinajstić information content (AvgIpc) is 3.47. The fourth-order valence-electron chi connectivity index (χ4n) is 3.80. The summed E-state index contributed by atoms with van der Waals surface area (Å²) in [5.74, 6) is 1.15. The second-order valence-corrected chi connectivity index (χ2v) is 8.07. The van der Waals surface area contributed by atoms with Gasteiger partial charge in [0.15, 0.2) is 11.2 Å². The number of nitrogens with two attached hydrogens (primary N) is 2. The van der Waals surface area contributed by atoms with Gasteiger partial charge in [-0.1, -0.05) is 36.4 Å². The number of nitrogen functional groups attached to an aromatic ring is 2. The predicted molar refractivity (Wildman–Crippen MR) is 137 cm³/mol. The van der Waals surface area contributed by atoms with Gasteiger partial charge in [-0.3, -0.25) is 0 Å². The zero-order valence-corrected chi connectivity index (χ0v) is 18.1. The molecule has 0 fully saturated rings. The highest BCUT2D eigenvalue weighted by Gasteiger charge is 2.09. The predicted octanol–water partition coefficient (Wildman–Crippen LogP) is 6.64. The normalized spacial score (nSPS) is 11.6. The molecule has 0 bridgehead atoms. The van der Waals surface area contributed by atoms with Crippen molar-refractivity contribution in [2.45, 2.75) is 0 Å². The summed E-state index contributed by atoms with van der Waals surface area (Å²) in [6, 6.07) is 27.0. The maximum absolute atomic E-state index is 5.85. The standard InChI is InChI=1S/C28H20N4O2/c29-21-11-13-25-23(15-21)31-27(33-25)19-7-3-17(4-8-19)1-2-18-5-9-20(10-6-18)28-32-24-16-22(30)12-14-26(24)34-28/h1-16H,29-30H2/b2-1+. The number of rotatable bonds is 4. The second kappa shape index (κ2) is 7.94. The van der Waals surface area contributed by atoms with Crippen molar-refractivity contribution in [1.29, 1.82) is 0 Å². The molecule has 0 saturated heterocycles. The lowest BCUT2D eigenvalue weighted by molar-refractivity contribution is 0.619. The number of fused-ring (bicyclic) bond motifs is 2. The van der Waals surface area contributed by atoms with Crippen LogP contribution in [-0.2, 0) is 0 Å². The molecule has 4 N–H and O–H groups in total. The van der Waals surface area contributed by atoms with Crippen molar-refractivity contribution in [3.05, 3.63) is 96.1 Å². The third-order valence-electron chi connectivity index (χ3n) is 5.61. The van der Waals surface area contributed by atoms with Gasteiger partial charge in [-0.25, -0.2) is 9.97 Å². The third kappa shape index (κ3) is 3.78. The molecule has 0 aliphatic carbocycles. The second-order valence-electron chi connectivity index (χ2n) is 8.07. The smallest absolute Gasteiger partial charge is 0.227 e. The molecule has 6 aromatic rings. The third-order valence-corrected chi connectivity index (χ3v) is 5.61. The molecule has 0 amide bonds. The van der Waals surface area contributed by atoms with Crippen LogP contribution in [0.25, 0.3) is 57.3 Å². The number of hydrogen-bond acceptors (Lipinski definition) is 6. The summed E-state index contributed by atoms with van der Waals surface area (Å²) in [5, 5.41) is 0. The van der Waals surface area contributed by atoms with E-state index in [4.69, 9.17) is 20.3 Å². The quantitative estimate of drug-likeness (QED) is 0.233. The Balaban J connectivity index is 1.18. The highest BCUT2D eigenvalue weighted by atomic mass is 16.4. The molecule has 0 atom stereocenters. The van der Waals surface area contributed by atoms with Crippen LogP contribution in [0, 0.1) is 0 Å². The van der Waals surface area contributed by atoms with Crippen LogP contribution in [0.15, 0.2) is 93.8 Å². The molecular weight excluding hydrogens is 424 g/mol. The number of benzene rings is 4. The van der Waals surface area contributed by atoms with Gasteiger partial charge in [-0.2, -0.15) is 0 Å². The topological polar surface area (TPSA) is 104 Å². The SMILES string of the molecule is Nc1ccc2oc(-c3ccc(/C=C/c4ccc(-c5nc6cc(N)ccc6o5)cc4)cc3)nc2c1. The van der Waals surface area contributed by atoms with Crippen LogP contribution >= 0.6 is 0 Å². The lowest BCUT2D eigenvalue weighted by atomic mass is 10.1. The molecule has 0 spiro atoms. The summed E-state index contributed by atoms with van der Waals surface area (Å²) in [6.07, 6.45) is 4.13. The maximum atomic E-state index is 5.85. The van der Waals surface area contributed by atoms with E-state index < -0.39 is 0 Å². The lowest BCUT2D eigenvalue weighted by Gasteiger charge is -1.99. The Hall–Kier alpha value is -4.84. The van der Waals surface area contributed by atoms with Gasteiger partial charge in [0.2, 0.25) is 11.8 Å². The summed E-state index contributed by atoms with van der Waals surface area (Å²) in [6.45, 7) is 0. The minimum Gasteiger partial charge on any atom is -0.436 e. The molecule has 6 rings (SSSR count). The van der Waals surface area contributed by atoms with Crippen LogP contribution in [0.1, 0.15) is 11.1 Å². The van der Waals surface area contributed by atoms with Crippen molar-refractivity contribution in [1.82, 2.24) is 9.97 Å². The summed E-state index contributed by atoms with van der Waals surface area (Å²) in [7, 11) is 0. The Labute approximate surface area is 195 Å². The van der Waals surface area contributed by atoms with Crippen LogP contribution in [-0.4, -0.2) is 9.97 Å². The van der Waals surface area contributed by atoms with E-state index in [1.807, 2.05) is 72.8 Å². The molecule has 6 nitrogen and oxygen atoms in total. The van der Waals surface area contributed by atoms with E-state index in [-0.39, 0.29) is 0 Å². The number of nitrogens with zero attached hydrogens (tertiary/aromatic N) is 2. The van der Waals surface area contributed by atoms with Gasteiger partial charge < -0.3 is 20.3 Å². The molecule has 0 saturated carbocycles. The first-order valence-electron chi connectivity index (χ1n) is 10.8. The van der Waals surface area contributed by atoms with Crippen LogP contribution in [0.5, 0.6) is 0 Å². The van der Waals surface area contributed by atoms with Crippen LogP contribution < -0.4 is 11.5 Å². The van der Waals surface area contributed by atoms with Crippen molar-refractivity contribution >= 4 is 45.7 Å². The number of aromatic nitrogens is 2. The van der Waals surface area contributed by atoms with Crippen LogP contribution in [0.2, 0.25) is 0 Å². The van der Waals surface area contributed by atoms with Gasteiger partial charge in [-0.05, 0) is 71.8 Å². The van der Waals surface area contributed by atoms with Crippen molar-refractivity contribution in [2.24, 2.45) is 0 Å². The molecular formula is C28H20N4O2. The van der Waals surface area contributed by atoms with Gasteiger partial charge in [0.05, 0.1) is 0 Å². The first-order valence-corrected chi connectivity index (χ1v) is 10.8. The minimum absolute atomic E-state index is 0.577. The Morgan fingerprint density at radius 3 is 1.35 bits per heavy atom. The van der Waals surface area contributed by atoms with Crippen molar-refractivity contribution in [3.8, 4) is 22.9 Å². The van der Waals surface area contributed by atoms with Crippen molar-refractivity contribution in [3.63, 3.8) is 0 Å². The van der Waals surface area contributed by atoms with Gasteiger partial charge in [0.25, 0.3) is 0 Å². The van der Waals surface area contributed by atoms with Crippen LogP contribution in [0.3, 0.4) is 0 Å². The highest BCUT2D eigenvalue weighted by Crippen LogP contribution is 2.27. The van der Waals surface area contributed by atoms with E-state index in [1.165, 1.54) is 0 Å². The molecule has 164 valence electrons. The molecule has 2 heterocycles. The molecule has 6 heteroatoms. The first-order chi connectivity index (χ1) is 16.6. The summed E-state index contributed by atoms with van der Waals surface area (Å²) in [5.41, 5.74) is 19.9. The van der Waals surface area contributed by atoms with Crippen molar-refractivity contribution in [2.75, 3.05) is 11.5 Å². The van der Waals surface area contributed by atoms with E-state index in [0.29, 0.717) is 23.2 Å². The molecule has 4 aromatic carbocycles. The Morgan fingerprint density at radius 2 is 0.941 bits per heavy atom. The summed E-state index contributed by atoms with van der Waals surface area (Å²) < 4.78 is 11.7. The van der Waals surface area contributed by atoms with Gasteiger partial charge in [-0.15, -0.1) is 0 Å². The highest BCUT2D eigenvalue weighted by molar-refractivity contribution is 5.81. The van der Waals surface area contributed by atoms with Gasteiger partial charge in [0.1, 0.15) is 11.0 Å². The van der Waals surface area contributed by atoms with Crippen molar-refractivity contribution < 1.29 is 8.83 Å². The van der Waals surface area contributed by atoms with E-state index in [1.54, 1.807) is 12.1 Å². The fraction of sp³-hybridized carbons (Fsp3) is 0. The summed E-state index contributed by atoms with van der Waals surface area (Å²) in [4.78, 5) is 9.07. The Kier molecular flexibility index (Phi) is 4.63. The summed E-state index contributed by atoms with van der Waals surface area (Å²) >= 11 is 0. The van der Waals surface area contributed by atoms with Crippen LogP contribution in [0.4, 0.5) is 11.4 Å². The van der Waals surface area contributed by atoms with E-state index >= 15 is 0 Å². The number of oxazole rings is 2. The van der Waals surface area contributed by atoms with E-state index in [2.05, 4.69) is 22.1 Å². The van der Waals surface area contributed by atoms with Gasteiger partial charge in [0, 0.05) is 22.5 Å². The largest absolute Gasteiger partial charge is 0.436 e. The monoisotopic (exact) mass is 444 g/mol. The minimum atomic E-state index is 0.577. The molecule has 0 aliphatic rings.